The number of ketones is 1. The third kappa shape index (κ3) is 7.67. The molecule has 1 aliphatic heterocycles. The van der Waals surface area contributed by atoms with E-state index in [-0.39, 0.29) is 53.5 Å². The number of benzene rings is 2. The maximum Gasteiger partial charge on any atom is 0.416 e. The van der Waals surface area contributed by atoms with Gasteiger partial charge in [-0.2, -0.15) is 13.2 Å². The van der Waals surface area contributed by atoms with Crippen molar-refractivity contribution < 1.29 is 51.7 Å². The first-order valence-corrected chi connectivity index (χ1v) is 21.7. The Morgan fingerprint density at radius 2 is 1.75 bits per heavy atom. The third-order valence-electron chi connectivity index (χ3n) is 15.3. The summed E-state index contributed by atoms with van der Waals surface area (Å²) in [7, 11) is 1.59. The van der Waals surface area contributed by atoms with Gasteiger partial charge in [-0.1, -0.05) is 56.2 Å². The number of rotatable bonds is 10. The lowest BCUT2D eigenvalue weighted by atomic mass is 9.64. The summed E-state index contributed by atoms with van der Waals surface area (Å²) < 4.78 is 58.5. The van der Waals surface area contributed by atoms with E-state index in [0.29, 0.717) is 81.1 Å². The van der Waals surface area contributed by atoms with Gasteiger partial charge in [0.05, 0.1) is 34.3 Å². The molecule has 8 rings (SSSR count). The monoisotopic (exact) mass is 867 g/mol. The molecule has 61 heavy (non-hydrogen) atoms. The first-order chi connectivity index (χ1) is 28.6. The van der Waals surface area contributed by atoms with Crippen molar-refractivity contribution in [1.29, 1.82) is 0 Å². The topological polar surface area (TPSA) is 127 Å². The lowest BCUT2D eigenvalue weighted by Gasteiger charge is -2.47. The predicted octanol–water partition coefficient (Wildman–Crippen LogP) is 9.88. The standard InChI is InChI=1S/C48H57ClF3NO8/c1-29-9-7-19-44(4)36(18-20-46(44,58)28-53(23-8-24-59-6)41(56)47-22-21-45(5,42(57)61-47)43(47,2)3)33-14-11-30(25-32(54)13-10-29)26-34(33)40(55)39-17-16-38(60-39)35-27-31(48(50,51)52)12-15-37(35)49/h9,11-12,14-17,26-27,32,36,54,58H,7-8,10,13,18-25,28H2,1-6H3/t32-,36-,44-,45-,46+,47+/m0/s1. The molecule has 3 aromatic rings. The van der Waals surface area contributed by atoms with Crippen molar-refractivity contribution in [3.63, 3.8) is 0 Å². The summed E-state index contributed by atoms with van der Waals surface area (Å²) in [6.45, 7) is 10.4. The summed E-state index contributed by atoms with van der Waals surface area (Å²) in [4.78, 5) is 44.7. The van der Waals surface area contributed by atoms with E-state index < -0.39 is 57.0 Å². The molecular weight excluding hydrogens is 811 g/mol. The van der Waals surface area contributed by atoms with Crippen LogP contribution in [0.1, 0.15) is 131 Å². The molecule has 330 valence electrons. The van der Waals surface area contributed by atoms with Gasteiger partial charge < -0.3 is 29.0 Å². The minimum Gasteiger partial charge on any atom is -0.453 e. The number of furan rings is 1. The molecule has 2 heterocycles. The molecular formula is C48H57ClF3NO8. The van der Waals surface area contributed by atoms with Crippen molar-refractivity contribution in [2.75, 3.05) is 26.8 Å². The number of hydrogen-bond donors (Lipinski definition) is 2. The molecule has 2 aromatic carbocycles. The van der Waals surface area contributed by atoms with E-state index in [9.17, 15) is 33.0 Å². The van der Waals surface area contributed by atoms with Crippen LogP contribution in [0.4, 0.5) is 13.2 Å². The smallest absolute Gasteiger partial charge is 0.416 e. The fourth-order valence-corrected chi connectivity index (χ4v) is 11.0. The van der Waals surface area contributed by atoms with E-state index in [1.165, 1.54) is 12.1 Å². The highest BCUT2D eigenvalue weighted by molar-refractivity contribution is 6.33. The maximum atomic E-state index is 15.0. The molecule has 0 radical (unpaired) electrons. The molecule has 9 nitrogen and oxygen atoms in total. The fraction of sp³-hybridized carbons (Fsp3) is 0.562. The van der Waals surface area contributed by atoms with Gasteiger partial charge in [0.1, 0.15) is 5.76 Å². The molecule has 4 aliphatic carbocycles. The molecule has 4 bridgehead atoms. The summed E-state index contributed by atoms with van der Waals surface area (Å²) in [6, 6.07) is 11.3. The van der Waals surface area contributed by atoms with Crippen LogP contribution in [0.3, 0.4) is 0 Å². The van der Waals surface area contributed by atoms with Crippen molar-refractivity contribution in [1.82, 2.24) is 4.90 Å². The first kappa shape index (κ1) is 45.1. The minimum atomic E-state index is -4.62. The second-order valence-electron chi connectivity index (χ2n) is 18.9. The zero-order valence-electron chi connectivity index (χ0n) is 35.8. The number of allylic oxidation sites excluding steroid dienone is 2. The average molecular weight is 868 g/mol. The Morgan fingerprint density at radius 1 is 1.00 bits per heavy atom. The SMILES string of the molecule is COCCCN(C[C@]1(O)CC[C@H]2c3ccc(cc3C(=O)c3ccc(-c4cc(C(F)(F)F)ccc4Cl)o3)C[C@@H](O)CCC(C)=CCC[C@@]21C)C(=O)[C@@]12CC[C@@](C)(C(=O)O1)C2(C)C. The molecule has 2 saturated carbocycles. The number of esters is 1. The Kier molecular flexibility index (Phi) is 12.0. The summed E-state index contributed by atoms with van der Waals surface area (Å²) in [5, 5.41) is 24.3. The summed E-state index contributed by atoms with van der Waals surface area (Å²) >= 11 is 6.35. The number of hydrogen-bond acceptors (Lipinski definition) is 8. The maximum absolute atomic E-state index is 15.0. The van der Waals surface area contributed by atoms with Gasteiger partial charge in [0.15, 0.2) is 11.4 Å². The van der Waals surface area contributed by atoms with Crippen molar-refractivity contribution in [2.45, 2.75) is 128 Å². The van der Waals surface area contributed by atoms with E-state index in [1.807, 2.05) is 46.8 Å². The number of carbonyl (C=O) groups is 3. The Morgan fingerprint density at radius 3 is 2.43 bits per heavy atom. The van der Waals surface area contributed by atoms with Crippen LogP contribution in [0.5, 0.6) is 0 Å². The van der Waals surface area contributed by atoms with Crippen LogP contribution in [-0.2, 0) is 31.7 Å². The van der Waals surface area contributed by atoms with Crippen molar-refractivity contribution >= 4 is 29.3 Å². The number of amides is 1. The van der Waals surface area contributed by atoms with Gasteiger partial charge in [-0.15, -0.1) is 0 Å². The fourth-order valence-electron chi connectivity index (χ4n) is 10.8. The Labute approximate surface area is 360 Å². The summed E-state index contributed by atoms with van der Waals surface area (Å²) in [5.74, 6) is -1.73. The third-order valence-corrected chi connectivity index (χ3v) is 15.6. The highest BCUT2D eigenvalue weighted by Gasteiger charge is 2.76. The number of nitrogens with zero attached hydrogens (tertiary/aromatic N) is 1. The van der Waals surface area contributed by atoms with E-state index in [4.69, 9.17) is 25.5 Å². The Bertz CT molecular complexity index is 2230. The molecule has 6 atom stereocenters. The lowest BCUT2D eigenvalue weighted by molar-refractivity contribution is -0.177. The molecule has 3 fully saturated rings. The largest absolute Gasteiger partial charge is 0.453 e. The number of halogens is 4. The van der Waals surface area contributed by atoms with Crippen LogP contribution >= 0.6 is 11.6 Å². The van der Waals surface area contributed by atoms with Gasteiger partial charge in [-0.25, -0.2) is 0 Å². The molecule has 1 aromatic heterocycles. The molecule has 1 saturated heterocycles. The predicted molar refractivity (Wildman–Crippen MR) is 224 cm³/mol. The van der Waals surface area contributed by atoms with E-state index in [0.717, 1.165) is 23.8 Å². The van der Waals surface area contributed by atoms with Crippen LogP contribution in [-0.4, -0.2) is 76.9 Å². The Balaban J connectivity index is 1.29. The quantitative estimate of drug-likeness (QED) is 0.0893. The summed E-state index contributed by atoms with van der Waals surface area (Å²) in [6.07, 6.45) is 1.49. The van der Waals surface area contributed by atoms with E-state index in [2.05, 4.69) is 6.08 Å². The molecule has 1 amide bonds. The zero-order chi connectivity index (χ0) is 44.3. The van der Waals surface area contributed by atoms with Gasteiger partial charge in [-0.3, -0.25) is 14.4 Å². The zero-order valence-corrected chi connectivity index (χ0v) is 36.6. The number of fused-ring (bicyclic) bond motifs is 10. The van der Waals surface area contributed by atoms with Gasteiger partial charge in [0.25, 0.3) is 5.91 Å². The first-order valence-electron chi connectivity index (χ1n) is 21.3. The second-order valence-corrected chi connectivity index (χ2v) is 19.3. The van der Waals surface area contributed by atoms with Crippen molar-refractivity contribution in [3.8, 4) is 11.3 Å². The van der Waals surface area contributed by atoms with Crippen LogP contribution in [0.25, 0.3) is 11.3 Å². The number of aliphatic hydroxyl groups excluding tert-OH is 1. The van der Waals surface area contributed by atoms with Crippen molar-refractivity contribution in [2.24, 2.45) is 16.2 Å². The number of aliphatic hydroxyl groups is 2. The van der Waals surface area contributed by atoms with E-state index in [1.54, 1.807) is 18.1 Å². The summed E-state index contributed by atoms with van der Waals surface area (Å²) in [5.41, 5.74) is -3.52. The van der Waals surface area contributed by atoms with Gasteiger partial charge >= 0.3 is 12.1 Å². The van der Waals surface area contributed by atoms with Gasteiger partial charge in [-0.05, 0) is 131 Å². The van der Waals surface area contributed by atoms with Crippen molar-refractivity contribution in [3.05, 3.63) is 93.2 Å². The van der Waals surface area contributed by atoms with Crippen LogP contribution < -0.4 is 0 Å². The van der Waals surface area contributed by atoms with Gasteiger partial charge in [0.2, 0.25) is 5.78 Å². The molecule has 13 heteroatoms. The number of methoxy groups -OCH3 is 1. The highest BCUT2D eigenvalue weighted by Crippen LogP contribution is 2.66. The number of alkyl halides is 3. The van der Waals surface area contributed by atoms with Crippen LogP contribution in [0, 0.1) is 16.2 Å². The molecule has 0 unspecified atom stereocenters. The average Bonchev–Trinajstić information content (AvgIpc) is 3.88. The highest BCUT2D eigenvalue weighted by atomic mass is 35.5. The second kappa shape index (κ2) is 16.3. The molecule has 5 aliphatic rings. The van der Waals surface area contributed by atoms with Gasteiger partial charge in [0, 0.05) is 42.2 Å². The van der Waals surface area contributed by atoms with Crippen LogP contribution in [0.15, 0.2) is 64.6 Å². The minimum absolute atomic E-state index is 0.00616. The lowest BCUT2D eigenvalue weighted by Crippen LogP contribution is -2.60. The van der Waals surface area contributed by atoms with E-state index >= 15 is 4.79 Å². The molecule has 2 N–H and O–H groups in total. The normalized spacial score (nSPS) is 29.8. The Hall–Kier alpha value is -3.97. The number of carbonyl (C=O) groups excluding carboxylic acids is 3. The van der Waals surface area contributed by atoms with Crippen LogP contribution in [0.2, 0.25) is 5.02 Å². The molecule has 0 spiro atoms. The number of ether oxygens (including phenoxy) is 2.